The lowest BCUT2D eigenvalue weighted by molar-refractivity contribution is -0.113. The maximum absolute atomic E-state index is 12.6. The molecule has 1 saturated heterocycles. The van der Waals surface area contributed by atoms with E-state index in [1.165, 1.54) is 4.90 Å². The molecule has 0 unspecified atom stereocenters. The Morgan fingerprint density at radius 1 is 0.962 bits per heavy atom. The average Bonchev–Trinajstić information content (AvgIpc) is 3.26. The zero-order chi connectivity index (χ0) is 17.9. The summed E-state index contributed by atoms with van der Waals surface area (Å²) < 4.78 is 11.0. The zero-order valence-corrected chi connectivity index (χ0v) is 14.4. The molecule has 0 bridgehead atoms. The van der Waals surface area contributed by atoms with E-state index in [0.29, 0.717) is 22.1 Å². The highest BCUT2D eigenvalue weighted by atomic mass is 32.2. The van der Waals surface area contributed by atoms with Gasteiger partial charge in [-0.05, 0) is 60.3 Å². The lowest BCUT2D eigenvalue weighted by atomic mass is 10.2. The summed E-state index contributed by atoms with van der Waals surface area (Å²) in [6.45, 7) is 0. The molecule has 0 atom stereocenters. The molecule has 5 nitrogen and oxygen atoms in total. The smallest absolute Gasteiger partial charge is 0.271 e. The molecule has 0 saturated carbocycles. The fourth-order valence-corrected chi connectivity index (χ4v) is 3.35. The second-order valence-electron chi connectivity index (χ2n) is 5.48. The Kier molecular flexibility index (Phi) is 4.33. The Morgan fingerprint density at radius 2 is 1.69 bits per heavy atom. The molecule has 0 spiro atoms. The monoisotopic (exact) mass is 362 g/mol. The van der Waals surface area contributed by atoms with E-state index in [4.69, 9.17) is 14.6 Å². The summed E-state index contributed by atoms with van der Waals surface area (Å²) in [5.74, 6) is 1.75. The highest BCUT2D eigenvalue weighted by Gasteiger charge is 2.33. The van der Waals surface area contributed by atoms with Crippen molar-refractivity contribution < 1.29 is 13.9 Å². The Balaban J connectivity index is 1.54. The number of carbonyl (C=O) groups is 1. The van der Waals surface area contributed by atoms with E-state index in [2.05, 4.69) is 0 Å². The molecular weight excluding hydrogens is 348 g/mol. The van der Waals surface area contributed by atoms with Gasteiger partial charge in [-0.25, -0.2) is 0 Å². The van der Waals surface area contributed by atoms with Gasteiger partial charge in [0.25, 0.3) is 5.91 Å². The highest BCUT2D eigenvalue weighted by molar-refractivity contribution is 8.19. The zero-order valence-electron chi connectivity index (χ0n) is 13.6. The summed E-state index contributed by atoms with van der Waals surface area (Å²) in [4.78, 5) is 14.5. The van der Waals surface area contributed by atoms with Crippen molar-refractivity contribution in [3.05, 3.63) is 83.7 Å². The highest BCUT2D eigenvalue weighted by Crippen LogP contribution is 2.36. The number of hydrogen-bond donors (Lipinski definition) is 1. The number of rotatable bonds is 4. The number of amides is 1. The van der Waals surface area contributed by atoms with Crippen LogP contribution >= 0.6 is 11.8 Å². The van der Waals surface area contributed by atoms with Gasteiger partial charge in [-0.1, -0.05) is 18.2 Å². The number of thioether (sulfide) groups is 1. The lowest BCUT2D eigenvalue weighted by Crippen LogP contribution is -2.27. The Morgan fingerprint density at radius 3 is 2.38 bits per heavy atom. The van der Waals surface area contributed by atoms with E-state index in [-0.39, 0.29) is 11.1 Å². The Labute approximate surface area is 154 Å². The van der Waals surface area contributed by atoms with Crippen molar-refractivity contribution in [2.24, 2.45) is 0 Å². The van der Waals surface area contributed by atoms with Gasteiger partial charge in [-0.2, -0.15) is 0 Å². The number of benzene rings is 2. The standard InChI is InChI=1S/C20H14N2O3S/c21-20-22(19(23)18(26-20)13-17-7-4-12-24-17)14-8-10-16(11-9-14)25-15-5-2-1-3-6-15/h1-13,21H. The Bertz CT molecular complexity index is 964. The van der Waals surface area contributed by atoms with Crippen LogP contribution in [0.5, 0.6) is 11.5 Å². The van der Waals surface area contributed by atoms with Crippen LogP contribution < -0.4 is 9.64 Å². The van der Waals surface area contributed by atoms with Crippen molar-refractivity contribution in [3.8, 4) is 11.5 Å². The number of nitrogens with zero attached hydrogens (tertiary/aromatic N) is 1. The number of ether oxygens (including phenoxy) is 1. The molecule has 1 amide bonds. The fourth-order valence-electron chi connectivity index (χ4n) is 2.51. The van der Waals surface area contributed by atoms with E-state index >= 15 is 0 Å². The predicted molar refractivity (Wildman–Crippen MR) is 102 cm³/mol. The first-order valence-electron chi connectivity index (χ1n) is 7.90. The lowest BCUT2D eigenvalue weighted by Gasteiger charge is -2.15. The van der Waals surface area contributed by atoms with Crippen molar-refractivity contribution in [1.29, 1.82) is 5.41 Å². The van der Waals surface area contributed by atoms with E-state index in [0.717, 1.165) is 17.5 Å². The van der Waals surface area contributed by atoms with Crippen LogP contribution in [0.15, 0.2) is 82.3 Å². The number of para-hydroxylation sites is 1. The van der Waals surface area contributed by atoms with Crippen molar-refractivity contribution in [2.45, 2.75) is 0 Å². The van der Waals surface area contributed by atoms with Gasteiger partial charge in [0.1, 0.15) is 17.3 Å². The van der Waals surface area contributed by atoms with Gasteiger partial charge in [0.2, 0.25) is 0 Å². The summed E-state index contributed by atoms with van der Waals surface area (Å²) >= 11 is 1.11. The molecule has 0 radical (unpaired) electrons. The summed E-state index contributed by atoms with van der Waals surface area (Å²) in [6.07, 6.45) is 3.19. The van der Waals surface area contributed by atoms with Crippen LogP contribution in [0.25, 0.3) is 6.08 Å². The van der Waals surface area contributed by atoms with Crippen LogP contribution in [0.1, 0.15) is 5.76 Å². The van der Waals surface area contributed by atoms with Gasteiger partial charge in [0.05, 0.1) is 16.9 Å². The molecule has 1 aliphatic rings. The summed E-state index contributed by atoms with van der Waals surface area (Å²) in [5, 5.41) is 8.29. The molecule has 4 rings (SSSR count). The van der Waals surface area contributed by atoms with Gasteiger partial charge in [0, 0.05) is 6.08 Å². The first-order chi connectivity index (χ1) is 12.7. The SMILES string of the molecule is N=C1SC(=Cc2ccco2)C(=O)N1c1ccc(Oc2ccccc2)cc1. The van der Waals surface area contributed by atoms with Crippen LogP contribution in [-0.4, -0.2) is 11.1 Å². The van der Waals surface area contributed by atoms with Crippen LogP contribution in [0, 0.1) is 5.41 Å². The van der Waals surface area contributed by atoms with Crippen LogP contribution in [0.3, 0.4) is 0 Å². The normalized spacial score (nSPS) is 15.7. The van der Waals surface area contributed by atoms with E-state index in [1.54, 1.807) is 48.7 Å². The number of furan rings is 1. The van der Waals surface area contributed by atoms with Gasteiger partial charge in [-0.15, -0.1) is 0 Å². The molecule has 1 aliphatic heterocycles. The van der Waals surface area contributed by atoms with E-state index in [1.807, 2.05) is 30.3 Å². The quantitative estimate of drug-likeness (QED) is 0.654. The molecule has 0 aliphatic carbocycles. The molecular formula is C20H14N2O3S. The predicted octanol–water partition coefficient (Wildman–Crippen LogP) is 5.13. The molecule has 2 aromatic carbocycles. The summed E-state index contributed by atoms with van der Waals surface area (Å²) in [6, 6.07) is 20.1. The van der Waals surface area contributed by atoms with Crippen LogP contribution in [0.4, 0.5) is 5.69 Å². The molecule has 1 aromatic heterocycles. The summed E-state index contributed by atoms with van der Waals surface area (Å²) in [5.41, 5.74) is 0.621. The number of anilines is 1. The van der Waals surface area contributed by atoms with Gasteiger partial charge >= 0.3 is 0 Å². The third-order valence-electron chi connectivity index (χ3n) is 3.71. The molecule has 128 valence electrons. The third-order valence-corrected chi connectivity index (χ3v) is 4.60. The third kappa shape index (κ3) is 3.27. The molecule has 2 heterocycles. The van der Waals surface area contributed by atoms with Crippen molar-refractivity contribution in [1.82, 2.24) is 0 Å². The molecule has 1 fully saturated rings. The van der Waals surface area contributed by atoms with Crippen LogP contribution in [0.2, 0.25) is 0 Å². The first-order valence-corrected chi connectivity index (χ1v) is 8.71. The number of carbonyl (C=O) groups excluding carboxylic acids is 1. The topological polar surface area (TPSA) is 66.5 Å². The maximum atomic E-state index is 12.6. The van der Waals surface area contributed by atoms with Gasteiger partial charge < -0.3 is 9.15 Å². The minimum Gasteiger partial charge on any atom is -0.465 e. The van der Waals surface area contributed by atoms with Crippen molar-refractivity contribution in [3.63, 3.8) is 0 Å². The molecule has 3 aromatic rings. The fraction of sp³-hybridized carbons (Fsp3) is 0. The molecule has 6 heteroatoms. The van der Waals surface area contributed by atoms with Crippen molar-refractivity contribution >= 4 is 34.6 Å². The van der Waals surface area contributed by atoms with Crippen LogP contribution in [-0.2, 0) is 4.79 Å². The minimum absolute atomic E-state index is 0.157. The second-order valence-corrected chi connectivity index (χ2v) is 6.51. The molecule has 1 N–H and O–H groups in total. The summed E-state index contributed by atoms with van der Waals surface area (Å²) in [7, 11) is 0. The Hall–Kier alpha value is -3.25. The molecule has 26 heavy (non-hydrogen) atoms. The maximum Gasteiger partial charge on any atom is 0.271 e. The number of hydrogen-bond acceptors (Lipinski definition) is 5. The second kappa shape index (κ2) is 6.93. The average molecular weight is 362 g/mol. The number of nitrogens with one attached hydrogen (secondary N) is 1. The van der Waals surface area contributed by atoms with Crippen molar-refractivity contribution in [2.75, 3.05) is 4.90 Å². The number of amidine groups is 1. The minimum atomic E-state index is -0.242. The van der Waals surface area contributed by atoms with E-state index in [9.17, 15) is 4.79 Å². The van der Waals surface area contributed by atoms with Gasteiger partial charge in [0.15, 0.2) is 5.17 Å². The van der Waals surface area contributed by atoms with E-state index < -0.39 is 0 Å². The van der Waals surface area contributed by atoms with Gasteiger partial charge in [-0.3, -0.25) is 15.1 Å². The first kappa shape index (κ1) is 16.2. The largest absolute Gasteiger partial charge is 0.465 e.